The van der Waals surface area contributed by atoms with Crippen LogP contribution in [0.4, 0.5) is 19.1 Å². The van der Waals surface area contributed by atoms with Crippen molar-refractivity contribution in [2.45, 2.75) is 19.4 Å². The number of fused-ring (bicyclic) bond motifs is 2. The fourth-order valence-corrected chi connectivity index (χ4v) is 3.63. The first-order chi connectivity index (χ1) is 14.6. The van der Waals surface area contributed by atoms with Gasteiger partial charge in [-0.25, -0.2) is 18.2 Å². The van der Waals surface area contributed by atoms with Gasteiger partial charge in [0.15, 0.2) is 5.65 Å². The van der Waals surface area contributed by atoms with Gasteiger partial charge < -0.3 is 10.1 Å². The minimum atomic E-state index is -2.74. The molecule has 30 heavy (non-hydrogen) atoms. The maximum absolute atomic E-state index is 14.4. The monoisotopic (exact) mass is 412 g/mol. The van der Waals surface area contributed by atoms with Crippen LogP contribution in [0.1, 0.15) is 23.2 Å². The van der Waals surface area contributed by atoms with E-state index in [1.807, 2.05) is 0 Å². The van der Waals surface area contributed by atoms with Crippen LogP contribution >= 0.6 is 0 Å². The molecule has 3 aromatic heterocycles. The molecule has 4 heterocycles. The summed E-state index contributed by atoms with van der Waals surface area (Å²) in [6, 6.07) is 6.11. The molecule has 0 unspecified atom stereocenters. The highest BCUT2D eigenvalue weighted by Gasteiger charge is 2.21. The molecule has 152 valence electrons. The van der Waals surface area contributed by atoms with E-state index in [2.05, 4.69) is 25.5 Å². The third-order valence-corrected chi connectivity index (χ3v) is 5.03. The smallest absolute Gasteiger partial charge is 0.280 e. The van der Waals surface area contributed by atoms with Gasteiger partial charge >= 0.3 is 0 Å². The Morgan fingerprint density at radius 2 is 2.07 bits per heavy atom. The highest BCUT2D eigenvalue weighted by atomic mass is 19.3. The van der Waals surface area contributed by atoms with Crippen molar-refractivity contribution in [2.75, 3.05) is 11.9 Å². The van der Waals surface area contributed by atoms with Crippen LogP contribution in [0.5, 0.6) is 5.75 Å². The van der Waals surface area contributed by atoms with Crippen LogP contribution in [0, 0.1) is 5.82 Å². The number of halogens is 3. The molecule has 7 nitrogen and oxygen atoms in total. The van der Waals surface area contributed by atoms with Gasteiger partial charge in [-0.1, -0.05) is 6.07 Å². The number of pyridine rings is 1. The summed E-state index contributed by atoms with van der Waals surface area (Å²) in [5, 5.41) is 11.0. The number of hydrogen-bond acceptors (Lipinski definition) is 6. The molecule has 1 aromatic carbocycles. The van der Waals surface area contributed by atoms with Crippen LogP contribution in [0.15, 0.2) is 43.0 Å². The first-order valence-electron chi connectivity index (χ1n) is 9.22. The van der Waals surface area contributed by atoms with Crippen molar-refractivity contribution >= 4 is 11.6 Å². The van der Waals surface area contributed by atoms with Crippen LogP contribution < -0.4 is 10.1 Å². The second kappa shape index (κ2) is 7.29. The Kier molecular flexibility index (Phi) is 4.46. The van der Waals surface area contributed by atoms with E-state index >= 15 is 0 Å². The number of hydrogen-bond donors (Lipinski definition) is 1. The van der Waals surface area contributed by atoms with E-state index in [9.17, 15) is 13.2 Å². The Hall–Kier alpha value is -3.69. The average Bonchev–Trinajstić information content (AvgIpc) is 3.42. The standard InChI is InChI=1S/C20H15F3N6O/c21-15-3-4-16-11(5-7-30-16)13(15)8-25-20-26-9-14(19-28-27-10-29(19)20)12-2-1-6-24-17(12)18(22)23/h1-4,6,9-10,18H,5,7-8H2,(H,25,26). The molecule has 0 radical (unpaired) electrons. The van der Waals surface area contributed by atoms with E-state index in [-0.39, 0.29) is 23.6 Å². The molecule has 1 aliphatic heterocycles. The molecule has 0 aliphatic carbocycles. The Morgan fingerprint density at radius 3 is 2.93 bits per heavy atom. The van der Waals surface area contributed by atoms with Crippen LogP contribution in [0.25, 0.3) is 16.8 Å². The summed E-state index contributed by atoms with van der Waals surface area (Å²) in [6.07, 6.45) is 2.06. The fourth-order valence-electron chi connectivity index (χ4n) is 3.63. The zero-order valence-corrected chi connectivity index (χ0v) is 15.5. The number of anilines is 1. The van der Waals surface area contributed by atoms with Crippen molar-refractivity contribution in [3.8, 4) is 16.9 Å². The first kappa shape index (κ1) is 18.3. The number of aromatic nitrogens is 5. The number of alkyl halides is 2. The van der Waals surface area contributed by atoms with Crippen molar-refractivity contribution in [2.24, 2.45) is 0 Å². The lowest BCUT2D eigenvalue weighted by Crippen LogP contribution is -2.10. The van der Waals surface area contributed by atoms with Crippen molar-refractivity contribution in [3.05, 3.63) is 65.6 Å². The van der Waals surface area contributed by atoms with Crippen LogP contribution in [0.2, 0.25) is 0 Å². The van der Waals surface area contributed by atoms with E-state index in [1.165, 1.54) is 35.3 Å². The molecule has 0 amide bonds. The van der Waals surface area contributed by atoms with Crippen LogP contribution in [-0.4, -0.2) is 31.2 Å². The van der Waals surface area contributed by atoms with Crippen LogP contribution in [-0.2, 0) is 13.0 Å². The topological polar surface area (TPSA) is 77.2 Å². The Balaban J connectivity index is 1.51. The van der Waals surface area contributed by atoms with Gasteiger partial charge in [-0.15, -0.1) is 10.2 Å². The van der Waals surface area contributed by atoms with Crippen LogP contribution in [0.3, 0.4) is 0 Å². The molecule has 10 heteroatoms. The van der Waals surface area contributed by atoms with Crippen molar-refractivity contribution < 1.29 is 17.9 Å². The van der Waals surface area contributed by atoms with Gasteiger partial charge in [0.1, 0.15) is 23.6 Å². The molecule has 0 saturated carbocycles. The van der Waals surface area contributed by atoms with Gasteiger partial charge in [-0.2, -0.15) is 0 Å². The lowest BCUT2D eigenvalue weighted by atomic mass is 10.0. The normalized spacial score (nSPS) is 12.9. The summed E-state index contributed by atoms with van der Waals surface area (Å²) in [6.45, 7) is 0.694. The van der Waals surface area contributed by atoms with Gasteiger partial charge in [-0.3, -0.25) is 9.38 Å². The Labute approximate surface area is 168 Å². The second-order valence-electron chi connectivity index (χ2n) is 6.71. The molecule has 0 atom stereocenters. The second-order valence-corrected chi connectivity index (χ2v) is 6.71. The van der Waals surface area contributed by atoms with Crippen molar-refractivity contribution in [3.63, 3.8) is 0 Å². The van der Waals surface area contributed by atoms with Gasteiger partial charge in [0.05, 0.1) is 6.61 Å². The van der Waals surface area contributed by atoms with Gasteiger partial charge in [0.25, 0.3) is 6.43 Å². The summed E-state index contributed by atoms with van der Waals surface area (Å²) >= 11 is 0. The zero-order valence-electron chi connectivity index (χ0n) is 15.5. The number of ether oxygens (including phenoxy) is 1. The minimum absolute atomic E-state index is 0.174. The number of nitrogens with zero attached hydrogens (tertiary/aromatic N) is 5. The number of rotatable bonds is 5. The molecule has 1 aliphatic rings. The quantitative estimate of drug-likeness (QED) is 0.537. The van der Waals surface area contributed by atoms with Gasteiger partial charge in [0, 0.05) is 47.6 Å². The predicted octanol–water partition coefficient (Wildman–Crippen LogP) is 3.81. The molecule has 0 bridgehead atoms. The SMILES string of the molecule is Fc1ccc2c(c1CNc1ncc(-c3cccnc3C(F)F)c3nncn13)CCO2. The van der Waals surface area contributed by atoms with Gasteiger partial charge in [0.2, 0.25) is 5.95 Å². The number of nitrogens with one attached hydrogen (secondary N) is 1. The summed E-state index contributed by atoms with van der Waals surface area (Å²) < 4.78 is 48.2. The maximum Gasteiger partial charge on any atom is 0.280 e. The fraction of sp³-hybridized carbons (Fsp3) is 0.200. The van der Waals surface area contributed by atoms with Gasteiger partial charge in [-0.05, 0) is 18.2 Å². The Bertz CT molecular complexity index is 1240. The molecule has 0 saturated heterocycles. The summed E-state index contributed by atoms with van der Waals surface area (Å²) in [7, 11) is 0. The van der Waals surface area contributed by atoms with Crippen molar-refractivity contribution in [1.29, 1.82) is 0 Å². The zero-order chi connectivity index (χ0) is 20.7. The summed E-state index contributed by atoms with van der Waals surface area (Å²) in [5.41, 5.74) is 1.92. The lowest BCUT2D eigenvalue weighted by Gasteiger charge is -2.13. The predicted molar refractivity (Wildman–Crippen MR) is 102 cm³/mol. The summed E-state index contributed by atoms with van der Waals surface area (Å²) in [4.78, 5) is 8.12. The lowest BCUT2D eigenvalue weighted by molar-refractivity contribution is 0.147. The number of benzene rings is 1. The van der Waals surface area contributed by atoms with E-state index in [0.29, 0.717) is 41.5 Å². The van der Waals surface area contributed by atoms with E-state index < -0.39 is 6.43 Å². The van der Waals surface area contributed by atoms with Crippen molar-refractivity contribution in [1.82, 2.24) is 24.6 Å². The average molecular weight is 412 g/mol. The molecular formula is C20H15F3N6O. The molecule has 0 fully saturated rings. The molecule has 1 N–H and O–H groups in total. The highest BCUT2D eigenvalue weighted by molar-refractivity contribution is 5.79. The molecule has 5 rings (SSSR count). The Morgan fingerprint density at radius 1 is 1.17 bits per heavy atom. The molecule has 4 aromatic rings. The third kappa shape index (κ3) is 3.00. The maximum atomic E-state index is 14.4. The van der Waals surface area contributed by atoms with E-state index in [0.717, 1.165) is 5.56 Å². The summed E-state index contributed by atoms with van der Waals surface area (Å²) in [5.74, 6) is 0.708. The molecular weight excluding hydrogens is 397 g/mol. The first-order valence-corrected chi connectivity index (χ1v) is 9.22. The molecule has 0 spiro atoms. The third-order valence-electron chi connectivity index (χ3n) is 5.03. The highest BCUT2D eigenvalue weighted by Crippen LogP contribution is 2.33. The largest absolute Gasteiger partial charge is 0.493 e. The van der Waals surface area contributed by atoms with E-state index in [1.54, 1.807) is 12.1 Å². The van der Waals surface area contributed by atoms with E-state index in [4.69, 9.17) is 4.74 Å². The minimum Gasteiger partial charge on any atom is -0.493 e.